The van der Waals surface area contributed by atoms with E-state index in [-0.39, 0.29) is 34.6 Å². The van der Waals surface area contributed by atoms with E-state index in [2.05, 4.69) is 48.0 Å². The van der Waals surface area contributed by atoms with Crippen molar-refractivity contribution in [3.05, 3.63) is 29.8 Å². The van der Waals surface area contributed by atoms with Crippen LogP contribution < -0.4 is 16.0 Å². The molecule has 0 unspecified atom stereocenters. The van der Waals surface area contributed by atoms with Gasteiger partial charge in [-0.25, -0.2) is 4.99 Å². The molecule has 7 heteroatoms. The van der Waals surface area contributed by atoms with Gasteiger partial charge in [-0.15, -0.1) is 24.0 Å². The molecule has 0 heterocycles. The minimum Gasteiger partial charge on any atom is -0.357 e. The van der Waals surface area contributed by atoms with Crippen LogP contribution in [0.25, 0.3) is 0 Å². The summed E-state index contributed by atoms with van der Waals surface area (Å²) < 4.78 is 0.161. The van der Waals surface area contributed by atoms with Crippen molar-refractivity contribution in [1.29, 1.82) is 0 Å². The number of guanidine groups is 1. The van der Waals surface area contributed by atoms with E-state index in [0.29, 0.717) is 13.0 Å². The predicted octanol–water partition coefficient (Wildman–Crippen LogP) is 4.24. The third-order valence-corrected chi connectivity index (χ3v) is 4.96. The number of carbonyl (C=O) groups excluding carboxylic acids is 1. The van der Waals surface area contributed by atoms with Gasteiger partial charge in [0.15, 0.2) is 5.96 Å². The normalized spacial score (nSPS) is 11.5. The largest absolute Gasteiger partial charge is 0.357 e. The molecule has 0 aliphatic heterocycles. The van der Waals surface area contributed by atoms with Crippen LogP contribution in [0.3, 0.4) is 0 Å². The van der Waals surface area contributed by atoms with Crippen LogP contribution in [0.2, 0.25) is 0 Å². The Morgan fingerprint density at radius 1 is 1.15 bits per heavy atom. The molecule has 5 nitrogen and oxygen atoms in total. The first kappa shape index (κ1) is 25.0. The molecule has 0 saturated carbocycles. The van der Waals surface area contributed by atoms with Crippen LogP contribution in [0, 0.1) is 0 Å². The van der Waals surface area contributed by atoms with Crippen molar-refractivity contribution in [1.82, 2.24) is 10.6 Å². The molecule has 0 spiro atoms. The highest BCUT2D eigenvalue weighted by Gasteiger charge is 2.16. The number of rotatable bonds is 9. The van der Waals surface area contributed by atoms with Crippen LogP contribution in [-0.2, 0) is 11.3 Å². The second kappa shape index (κ2) is 13.2. The quantitative estimate of drug-likeness (QED) is 0.274. The molecule has 0 radical (unpaired) electrons. The summed E-state index contributed by atoms with van der Waals surface area (Å²) in [6.45, 7) is 10.7. The van der Waals surface area contributed by atoms with E-state index >= 15 is 0 Å². The molecule has 3 N–H and O–H groups in total. The highest BCUT2D eigenvalue weighted by molar-refractivity contribution is 14.0. The lowest BCUT2D eigenvalue weighted by Crippen LogP contribution is -2.43. The molecule has 26 heavy (non-hydrogen) atoms. The van der Waals surface area contributed by atoms with Gasteiger partial charge in [0.1, 0.15) is 0 Å². The average Bonchev–Trinajstić information content (AvgIpc) is 2.59. The van der Waals surface area contributed by atoms with E-state index in [1.165, 1.54) is 0 Å². The number of nitrogens with one attached hydrogen (secondary N) is 3. The van der Waals surface area contributed by atoms with Gasteiger partial charge in [-0.05, 0) is 51.1 Å². The summed E-state index contributed by atoms with van der Waals surface area (Å²) in [6, 6.07) is 7.85. The minimum absolute atomic E-state index is 0. The van der Waals surface area contributed by atoms with Crippen LogP contribution in [0.15, 0.2) is 29.3 Å². The molecule has 1 aromatic rings. The second-order valence-electron chi connectivity index (χ2n) is 6.51. The lowest BCUT2D eigenvalue weighted by Gasteiger charge is -2.23. The summed E-state index contributed by atoms with van der Waals surface area (Å²) in [5.41, 5.74) is 1.94. The van der Waals surface area contributed by atoms with Gasteiger partial charge in [0.05, 0.1) is 6.54 Å². The molecular formula is C19H33IN4OS. The number of hydrogen-bond donors (Lipinski definition) is 3. The fourth-order valence-electron chi connectivity index (χ4n) is 2.02. The van der Waals surface area contributed by atoms with Crippen LogP contribution in [-0.4, -0.2) is 36.0 Å². The summed E-state index contributed by atoms with van der Waals surface area (Å²) in [6.07, 6.45) is 3.52. The maximum atomic E-state index is 11.6. The van der Waals surface area contributed by atoms with E-state index < -0.39 is 0 Å². The summed E-state index contributed by atoms with van der Waals surface area (Å²) >= 11 is 1.83. The number of nitrogens with zero attached hydrogens (tertiary/aromatic N) is 1. The Bertz CT molecular complexity index is 561. The molecule has 0 fully saturated rings. The third kappa shape index (κ3) is 10.3. The topological polar surface area (TPSA) is 65.5 Å². The van der Waals surface area contributed by atoms with E-state index in [4.69, 9.17) is 0 Å². The number of amides is 1. The molecule has 1 rings (SSSR count). The molecule has 1 amide bonds. The van der Waals surface area contributed by atoms with Crippen molar-refractivity contribution >= 4 is 53.3 Å². The fourth-order valence-corrected chi connectivity index (χ4v) is 2.24. The Labute approximate surface area is 179 Å². The Morgan fingerprint density at radius 2 is 1.81 bits per heavy atom. The first-order valence-corrected chi connectivity index (χ1v) is 10.1. The summed E-state index contributed by atoms with van der Waals surface area (Å²) in [4.78, 5) is 16.2. The summed E-state index contributed by atoms with van der Waals surface area (Å²) in [7, 11) is 0. The average molecular weight is 492 g/mol. The fraction of sp³-hybridized carbons (Fsp3) is 0.579. The van der Waals surface area contributed by atoms with Crippen molar-refractivity contribution in [3.63, 3.8) is 0 Å². The number of aliphatic imine (C=N–C) groups is 1. The number of hydrogen-bond acceptors (Lipinski definition) is 3. The zero-order valence-corrected chi connectivity index (χ0v) is 19.7. The van der Waals surface area contributed by atoms with Crippen LogP contribution >= 0.6 is 35.7 Å². The predicted molar refractivity (Wildman–Crippen MR) is 126 cm³/mol. The van der Waals surface area contributed by atoms with Gasteiger partial charge >= 0.3 is 0 Å². The van der Waals surface area contributed by atoms with Gasteiger partial charge in [0, 0.05) is 29.9 Å². The smallest absolute Gasteiger partial charge is 0.224 e. The van der Waals surface area contributed by atoms with E-state index in [9.17, 15) is 4.79 Å². The van der Waals surface area contributed by atoms with Crippen LogP contribution in [0.5, 0.6) is 0 Å². The molecule has 0 aliphatic carbocycles. The van der Waals surface area contributed by atoms with Crippen molar-refractivity contribution in [2.45, 2.75) is 51.8 Å². The molecule has 1 aromatic carbocycles. The monoisotopic (exact) mass is 492 g/mol. The van der Waals surface area contributed by atoms with Gasteiger partial charge in [0.25, 0.3) is 0 Å². The number of anilines is 1. The molecular weight excluding hydrogens is 459 g/mol. The highest BCUT2D eigenvalue weighted by atomic mass is 127. The summed E-state index contributed by atoms with van der Waals surface area (Å²) in [5, 5.41) is 9.57. The SMILES string of the molecule is CCCC(=O)Nc1ccc(CN=C(NCC)NCC(C)(C)SC)cc1.I. The molecule has 0 aliphatic rings. The van der Waals surface area contributed by atoms with Gasteiger partial charge < -0.3 is 16.0 Å². The summed E-state index contributed by atoms with van der Waals surface area (Å²) in [5.74, 6) is 0.883. The minimum atomic E-state index is 0. The molecule has 148 valence electrons. The van der Waals surface area contributed by atoms with Crippen molar-refractivity contribution in [3.8, 4) is 0 Å². The Kier molecular flexibility index (Phi) is 12.8. The maximum Gasteiger partial charge on any atom is 0.224 e. The molecule has 0 bridgehead atoms. The standard InChI is InChI=1S/C19H32N4OS.HI/c1-6-8-17(24)23-16-11-9-15(10-12-16)13-21-18(20-7-2)22-14-19(3,4)25-5;/h9-12H,6-8,13-14H2,1-5H3,(H,23,24)(H2,20,21,22);1H. The molecule has 0 aromatic heterocycles. The zero-order valence-electron chi connectivity index (χ0n) is 16.5. The van der Waals surface area contributed by atoms with Crippen LogP contribution in [0.1, 0.15) is 46.1 Å². The van der Waals surface area contributed by atoms with Gasteiger partial charge in [0.2, 0.25) is 5.91 Å². The number of benzene rings is 1. The Balaban J connectivity index is 0.00000625. The van der Waals surface area contributed by atoms with Gasteiger partial charge in [-0.2, -0.15) is 11.8 Å². The van der Waals surface area contributed by atoms with Crippen molar-refractivity contribution < 1.29 is 4.79 Å². The first-order chi connectivity index (χ1) is 11.9. The first-order valence-electron chi connectivity index (χ1n) is 8.86. The van der Waals surface area contributed by atoms with Crippen molar-refractivity contribution in [2.75, 3.05) is 24.7 Å². The van der Waals surface area contributed by atoms with Crippen LogP contribution in [0.4, 0.5) is 5.69 Å². The number of halogens is 1. The Morgan fingerprint density at radius 3 is 2.35 bits per heavy atom. The number of thioether (sulfide) groups is 1. The highest BCUT2D eigenvalue weighted by Crippen LogP contribution is 2.19. The maximum absolute atomic E-state index is 11.6. The van der Waals surface area contributed by atoms with Gasteiger partial charge in [-0.1, -0.05) is 19.1 Å². The molecule has 0 saturated heterocycles. The van der Waals surface area contributed by atoms with E-state index in [1.807, 2.05) is 43.0 Å². The van der Waals surface area contributed by atoms with Gasteiger partial charge in [-0.3, -0.25) is 4.79 Å². The van der Waals surface area contributed by atoms with E-state index in [0.717, 1.165) is 36.7 Å². The lowest BCUT2D eigenvalue weighted by atomic mass is 10.2. The Hall–Kier alpha value is -0.960. The number of carbonyl (C=O) groups is 1. The van der Waals surface area contributed by atoms with E-state index in [1.54, 1.807) is 0 Å². The lowest BCUT2D eigenvalue weighted by molar-refractivity contribution is -0.116. The van der Waals surface area contributed by atoms with Crippen molar-refractivity contribution in [2.24, 2.45) is 4.99 Å². The second-order valence-corrected chi connectivity index (χ2v) is 8.02. The third-order valence-electron chi connectivity index (χ3n) is 3.71. The molecule has 0 atom stereocenters. The zero-order chi connectivity index (χ0) is 18.7.